The van der Waals surface area contributed by atoms with E-state index >= 15 is 0 Å². The van der Waals surface area contributed by atoms with Crippen molar-refractivity contribution >= 4 is 17.1 Å². The molecule has 6 aromatic carbocycles. The van der Waals surface area contributed by atoms with E-state index in [1.165, 1.54) is 44.5 Å². The van der Waals surface area contributed by atoms with Crippen molar-refractivity contribution in [3.05, 3.63) is 173 Å². The Kier molecular flexibility index (Phi) is 4.83. The second-order valence-corrected chi connectivity index (χ2v) is 10.4. The SMILES string of the molecule is N#Cc1ccc2c(c1)C1(c3ccccc3-c3ccccc31)c1cc(N(c3ccccc3)c3ccccc3)ccc1-2. The molecule has 1 spiro atoms. The molecular formula is C38H24N2. The summed E-state index contributed by atoms with van der Waals surface area (Å²) in [7, 11) is 0. The molecule has 2 nitrogen and oxygen atoms in total. The molecule has 2 heteroatoms. The molecule has 0 saturated heterocycles. The largest absolute Gasteiger partial charge is 0.310 e. The summed E-state index contributed by atoms with van der Waals surface area (Å²) in [5.74, 6) is 0. The van der Waals surface area contributed by atoms with Gasteiger partial charge in [0.15, 0.2) is 0 Å². The average Bonchev–Trinajstić information content (AvgIpc) is 3.49. The van der Waals surface area contributed by atoms with E-state index < -0.39 is 5.41 Å². The third kappa shape index (κ3) is 2.98. The standard InChI is InChI=1S/C38H24N2/c39-25-26-19-21-32-33-22-20-29(40(27-11-3-1-4-12-27)28-13-5-2-6-14-28)24-37(33)38(36(32)23-26)34-17-9-7-15-30(34)31-16-8-10-18-35(31)38/h1-24H. The molecule has 0 atom stereocenters. The van der Waals surface area contributed by atoms with Crippen molar-refractivity contribution in [2.75, 3.05) is 4.90 Å². The third-order valence-corrected chi connectivity index (χ3v) is 8.49. The predicted molar refractivity (Wildman–Crippen MR) is 162 cm³/mol. The normalized spacial score (nSPS) is 13.2. The maximum Gasteiger partial charge on any atom is 0.0991 e. The van der Waals surface area contributed by atoms with Gasteiger partial charge in [0.05, 0.1) is 17.0 Å². The van der Waals surface area contributed by atoms with Crippen LogP contribution in [0.5, 0.6) is 0 Å². The Labute approximate surface area is 234 Å². The Hall–Kier alpha value is -5.39. The van der Waals surface area contributed by atoms with Crippen molar-refractivity contribution in [2.45, 2.75) is 5.41 Å². The summed E-state index contributed by atoms with van der Waals surface area (Å²) in [5.41, 5.74) is 13.4. The molecule has 8 rings (SSSR count). The van der Waals surface area contributed by atoms with Gasteiger partial charge in [-0.25, -0.2) is 0 Å². The summed E-state index contributed by atoms with van der Waals surface area (Å²) in [6.07, 6.45) is 0. The van der Waals surface area contributed by atoms with Gasteiger partial charge >= 0.3 is 0 Å². The molecular weight excluding hydrogens is 484 g/mol. The molecule has 0 unspecified atom stereocenters. The summed E-state index contributed by atoms with van der Waals surface area (Å²) in [4.78, 5) is 2.32. The van der Waals surface area contributed by atoms with Crippen LogP contribution in [-0.4, -0.2) is 0 Å². The highest BCUT2D eigenvalue weighted by Crippen LogP contribution is 2.63. The van der Waals surface area contributed by atoms with Gasteiger partial charge in [0.2, 0.25) is 0 Å². The Morgan fingerprint density at radius 3 is 1.48 bits per heavy atom. The monoisotopic (exact) mass is 508 g/mol. The zero-order chi connectivity index (χ0) is 26.7. The van der Waals surface area contributed by atoms with Gasteiger partial charge in [-0.15, -0.1) is 0 Å². The van der Waals surface area contributed by atoms with Crippen molar-refractivity contribution in [2.24, 2.45) is 0 Å². The van der Waals surface area contributed by atoms with Gasteiger partial charge in [-0.05, 0) is 93.0 Å². The Balaban J connectivity index is 1.47. The fraction of sp³-hybridized carbons (Fsp3) is 0.0263. The van der Waals surface area contributed by atoms with Gasteiger partial charge in [0.25, 0.3) is 0 Å². The topological polar surface area (TPSA) is 27.0 Å². The lowest BCUT2D eigenvalue weighted by atomic mass is 9.70. The lowest BCUT2D eigenvalue weighted by Gasteiger charge is -2.32. The molecule has 0 radical (unpaired) electrons. The molecule has 2 aliphatic rings. The molecule has 0 aromatic heterocycles. The van der Waals surface area contributed by atoms with Gasteiger partial charge in [-0.3, -0.25) is 0 Å². The van der Waals surface area contributed by atoms with Crippen LogP contribution >= 0.6 is 0 Å². The number of hydrogen-bond donors (Lipinski definition) is 0. The van der Waals surface area contributed by atoms with Crippen molar-refractivity contribution in [3.63, 3.8) is 0 Å². The van der Waals surface area contributed by atoms with Crippen LogP contribution in [0.2, 0.25) is 0 Å². The van der Waals surface area contributed by atoms with Crippen LogP contribution in [0, 0.1) is 11.3 Å². The highest BCUT2D eigenvalue weighted by molar-refractivity contribution is 5.96. The van der Waals surface area contributed by atoms with Crippen molar-refractivity contribution in [3.8, 4) is 28.3 Å². The Morgan fingerprint density at radius 2 is 0.900 bits per heavy atom. The first kappa shape index (κ1) is 22.6. The zero-order valence-corrected chi connectivity index (χ0v) is 21.8. The predicted octanol–water partition coefficient (Wildman–Crippen LogP) is 9.37. The number of fused-ring (bicyclic) bond motifs is 10. The zero-order valence-electron chi connectivity index (χ0n) is 21.8. The molecule has 6 aromatic rings. The Morgan fingerprint density at radius 1 is 0.425 bits per heavy atom. The minimum Gasteiger partial charge on any atom is -0.310 e. The van der Waals surface area contributed by atoms with E-state index in [1.807, 2.05) is 6.07 Å². The fourth-order valence-electron chi connectivity index (χ4n) is 6.94. The van der Waals surface area contributed by atoms with Crippen molar-refractivity contribution < 1.29 is 0 Å². The molecule has 0 amide bonds. The summed E-state index contributed by atoms with van der Waals surface area (Å²) in [6, 6.07) is 54.1. The van der Waals surface area contributed by atoms with E-state index in [4.69, 9.17) is 0 Å². The van der Waals surface area contributed by atoms with Gasteiger partial charge in [0.1, 0.15) is 0 Å². The van der Waals surface area contributed by atoms with Crippen LogP contribution in [-0.2, 0) is 5.41 Å². The van der Waals surface area contributed by atoms with Crippen LogP contribution < -0.4 is 4.90 Å². The Bertz CT molecular complexity index is 1880. The van der Waals surface area contributed by atoms with Crippen LogP contribution in [0.25, 0.3) is 22.3 Å². The summed E-state index contributed by atoms with van der Waals surface area (Å²) < 4.78 is 0. The van der Waals surface area contributed by atoms with E-state index in [0.717, 1.165) is 17.1 Å². The third-order valence-electron chi connectivity index (χ3n) is 8.49. The van der Waals surface area contributed by atoms with Gasteiger partial charge in [-0.1, -0.05) is 97.1 Å². The average molecular weight is 509 g/mol. The molecule has 2 aliphatic carbocycles. The first-order valence-corrected chi connectivity index (χ1v) is 13.6. The maximum absolute atomic E-state index is 9.92. The molecule has 0 heterocycles. The summed E-state index contributed by atoms with van der Waals surface area (Å²) in [6.45, 7) is 0. The lowest BCUT2D eigenvalue weighted by Crippen LogP contribution is -2.26. The number of nitrogens with zero attached hydrogens (tertiary/aromatic N) is 2. The van der Waals surface area contributed by atoms with E-state index in [0.29, 0.717) is 5.56 Å². The van der Waals surface area contributed by atoms with Crippen molar-refractivity contribution in [1.82, 2.24) is 0 Å². The number of hydrogen-bond acceptors (Lipinski definition) is 2. The number of rotatable bonds is 3. The minimum absolute atomic E-state index is 0.500. The second kappa shape index (κ2) is 8.56. The molecule has 186 valence electrons. The first-order chi connectivity index (χ1) is 19.8. The molecule has 0 saturated carbocycles. The van der Waals surface area contributed by atoms with Crippen LogP contribution in [0.3, 0.4) is 0 Å². The number of anilines is 3. The van der Waals surface area contributed by atoms with Crippen molar-refractivity contribution in [1.29, 1.82) is 5.26 Å². The number of nitriles is 1. The van der Waals surface area contributed by atoms with E-state index in [2.05, 4.69) is 150 Å². The van der Waals surface area contributed by atoms with Gasteiger partial charge in [0, 0.05) is 17.1 Å². The summed E-state index contributed by atoms with van der Waals surface area (Å²) >= 11 is 0. The van der Waals surface area contributed by atoms with E-state index in [-0.39, 0.29) is 0 Å². The first-order valence-electron chi connectivity index (χ1n) is 13.6. The van der Waals surface area contributed by atoms with E-state index in [1.54, 1.807) is 0 Å². The number of benzene rings is 6. The molecule has 0 fully saturated rings. The maximum atomic E-state index is 9.92. The highest BCUT2D eigenvalue weighted by Gasteiger charge is 2.51. The highest BCUT2D eigenvalue weighted by atomic mass is 15.1. The van der Waals surface area contributed by atoms with Crippen LogP contribution in [0.4, 0.5) is 17.1 Å². The van der Waals surface area contributed by atoms with Crippen LogP contribution in [0.1, 0.15) is 27.8 Å². The second-order valence-electron chi connectivity index (χ2n) is 10.4. The lowest BCUT2D eigenvalue weighted by molar-refractivity contribution is 0.793. The molecule has 0 aliphatic heterocycles. The minimum atomic E-state index is -0.500. The molecule has 40 heavy (non-hydrogen) atoms. The van der Waals surface area contributed by atoms with Crippen LogP contribution in [0.15, 0.2) is 146 Å². The summed E-state index contributed by atoms with van der Waals surface area (Å²) in [5, 5.41) is 9.92. The fourth-order valence-corrected chi connectivity index (χ4v) is 6.94. The molecule has 0 N–H and O–H groups in total. The van der Waals surface area contributed by atoms with E-state index in [9.17, 15) is 5.26 Å². The van der Waals surface area contributed by atoms with Gasteiger partial charge < -0.3 is 4.90 Å². The molecule has 0 bridgehead atoms. The smallest absolute Gasteiger partial charge is 0.0991 e. The quantitative estimate of drug-likeness (QED) is 0.238. The number of para-hydroxylation sites is 2. The van der Waals surface area contributed by atoms with Gasteiger partial charge in [-0.2, -0.15) is 5.26 Å².